The molecule has 8 nitrogen and oxygen atoms in total. The monoisotopic (exact) mass is 844 g/mol. The first-order valence-electron chi connectivity index (χ1n) is 18.3. The molecule has 1 aliphatic carbocycles. The second kappa shape index (κ2) is 19.5. The minimum atomic E-state index is -5.69. The summed E-state index contributed by atoms with van der Waals surface area (Å²) in [5, 5.41) is 17.5. The van der Waals surface area contributed by atoms with Gasteiger partial charge in [0.05, 0.1) is 66.1 Å². The Labute approximate surface area is 335 Å². The van der Waals surface area contributed by atoms with Gasteiger partial charge in [0.2, 0.25) is 0 Å². The first-order chi connectivity index (χ1) is 27.1. The van der Waals surface area contributed by atoms with Gasteiger partial charge in [-0.3, -0.25) is 0 Å². The molecule has 5 rings (SSSR count). The largest absolute Gasteiger partial charge is 0.488 e. The van der Waals surface area contributed by atoms with Gasteiger partial charge in [0.1, 0.15) is 23.7 Å². The van der Waals surface area contributed by atoms with E-state index in [1.807, 2.05) is 0 Å². The van der Waals surface area contributed by atoms with E-state index in [1.165, 1.54) is 26.0 Å². The maximum atomic E-state index is 15.8. The summed E-state index contributed by atoms with van der Waals surface area (Å²) in [5.41, 5.74) is -2.40. The molecule has 2 N–H and O–H groups in total. The Bertz CT molecular complexity index is 1790. The van der Waals surface area contributed by atoms with Crippen LogP contribution >= 0.6 is 22.7 Å². The molecular weight excluding hydrogens is 799 g/mol. The van der Waals surface area contributed by atoms with Crippen LogP contribution in [0.3, 0.4) is 0 Å². The molecule has 0 saturated carbocycles. The predicted molar refractivity (Wildman–Crippen MR) is 208 cm³/mol. The molecule has 0 radical (unpaired) electrons. The first kappa shape index (κ1) is 44.6. The van der Waals surface area contributed by atoms with Gasteiger partial charge in [-0.25, -0.2) is 0 Å². The Morgan fingerprint density at radius 3 is 1.25 bits per heavy atom. The lowest BCUT2D eigenvalue weighted by atomic mass is 9.94. The molecule has 4 aromatic rings. The highest BCUT2D eigenvalue weighted by Crippen LogP contribution is 2.66. The van der Waals surface area contributed by atoms with E-state index < -0.39 is 28.9 Å². The summed E-state index contributed by atoms with van der Waals surface area (Å²) < 4.78 is 127. The minimum absolute atomic E-state index is 0.0764. The average Bonchev–Trinajstić information content (AvgIpc) is 3.77. The molecule has 2 heterocycles. The Hall–Kier alpha value is -3.48. The van der Waals surface area contributed by atoms with Gasteiger partial charge < -0.3 is 38.6 Å². The normalized spacial score (nSPS) is 16.9. The molecule has 312 valence electrons. The Balaban J connectivity index is 1.36. The number of aliphatic hydroxyl groups is 2. The standard InChI is InChI=1S/C41H46F6O8S2/c1-25(23-52-19-17-50-15-13-48)54-31-9-5-29(6-10-31)35-21-33(27(3)56-35)37-38(40(44,45)41(46,47)39(37,42)43)34-22-36(57-28(34)4)30-7-11-32(12-8-30)55-26(2)24-53-20-18-51-16-14-49/h5-12,21-22,25-26,48-49H,13-20,23-24H2,1-4H3/t25-,26-/m0/s1. The van der Waals surface area contributed by atoms with Gasteiger partial charge in [-0.05, 0) is 111 Å². The number of halogens is 6. The molecule has 2 aromatic carbocycles. The van der Waals surface area contributed by atoms with Gasteiger partial charge in [-0.2, -0.15) is 26.3 Å². The fourth-order valence-corrected chi connectivity index (χ4v) is 8.24. The zero-order valence-electron chi connectivity index (χ0n) is 31.9. The van der Waals surface area contributed by atoms with Crippen molar-refractivity contribution in [2.24, 2.45) is 0 Å². The molecule has 0 amide bonds. The lowest BCUT2D eigenvalue weighted by Crippen LogP contribution is -2.48. The van der Waals surface area contributed by atoms with Crippen molar-refractivity contribution in [1.29, 1.82) is 0 Å². The van der Waals surface area contributed by atoms with Crippen molar-refractivity contribution in [3.63, 3.8) is 0 Å². The van der Waals surface area contributed by atoms with Gasteiger partial charge in [0.15, 0.2) is 0 Å². The summed E-state index contributed by atoms with van der Waals surface area (Å²) in [4.78, 5) is 1.20. The van der Waals surface area contributed by atoms with Crippen molar-refractivity contribution in [2.45, 2.75) is 57.7 Å². The van der Waals surface area contributed by atoms with Gasteiger partial charge in [0.25, 0.3) is 0 Å². The average molecular weight is 845 g/mol. The van der Waals surface area contributed by atoms with E-state index in [0.717, 1.165) is 22.7 Å². The third-order valence-electron chi connectivity index (χ3n) is 8.91. The van der Waals surface area contributed by atoms with Crippen LogP contribution in [0.1, 0.15) is 34.7 Å². The predicted octanol–water partition coefficient (Wildman–Crippen LogP) is 9.18. The number of ether oxygens (including phenoxy) is 6. The molecule has 0 spiro atoms. The second-order valence-electron chi connectivity index (χ2n) is 13.4. The molecule has 0 bridgehead atoms. The van der Waals surface area contributed by atoms with Crippen LogP contribution in [0.5, 0.6) is 11.5 Å². The molecule has 0 unspecified atom stereocenters. The number of rotatable bonds is 22. The number of hydrogen-bond acceptors (Lipinski definition) is 10. The van der Waals surface area contributed by atoms with Crippen LogP contribution in [0, 0.1) is 13.8 Å². The maximum Gasteiger partial charge on any atom is 0.380 e. The highest BCUT2D eigenvalue weighted by Gasteiger charge is 2.80. The minimum Gasteiger partial charge on any atom is -0.488 e. The topological polar surface area (TPSA) is 95.8 Å². The van der Waals surface area contributed by atoms with Crippen molar-refractivity contribution in [2.75, 3.05) is 66.1 Å². The third-order valence-corrected chi connectivity index (χ3v) is 11.1. The highest BCUT2D eigenvalue weighted by molar-refractivity contribution is 7.16. The molecule has 2 atom stereocenters. The summed E-state index contributed by atoms with van der Waals surface area (Å²) >= 11 is 2.07. The Kier molecular flexibility index (Phi) is 15.3. The lowest BCUT2D eigenvalue weighted by Gasteiger charge is -2.25. The zero-order chi connectivity index (χ0) is 41.4. The number of hydrogen-bond donors (Lipinski definition) is 2. The molecule has 57 heavy (non-hydrogen) atoms. The first-order valence-corrected chi connectivity index (χ1v) is 19.9. The number of benzene rings is 2. The van der Waals surface area contributed by atoms with Crippen molar-refractivity contribution >= 4 is 33.8 Å². The van der Waals surface area contributed by atoms with Gasteiger partial charge in [0, 0.05) is 30.7 Å². The van der Waals surface area contributed by atoms with E-state index in [9.17, 15) is 0 Å². The van der Waals surface area contributed by atoms with Gasteiger partial charge in [-0.1, -0.05) is 0 Å². The van der Waals surface area contributed by atoms with Crippen LogP contribution in [-0.4, -0.2) is 106 Å². The van der Waals surface area contributed by atoms with E-state index in [0.29, 0.717) is 58.8 Å². The van der Waals surface area contributed by atoms with Crippen LogP contribution < -0.4 is 9.47 Å². The number of thiophene rings is 2. The SMILES string of the molecule is Cc1sc(-c2ccc(O[C@@H](C)COCCOCCO)cc2)cc1C1=C(c2cc(-c3ccc(O[C@@H](C)COCCOCCO)cc3)sc2C)C(F)(F)C(F)(F)C1(F)F. The summed E-state index contributed by atoms with van der Waals surface area (Å²) in [7, 11) is 0. The summed E-state index contributed by atoms with van der Waals surface area (Å²) in [6, 6.07) is 15.9. The third kappa shape index (κ3) is 10.2. The van der Waals surface area contributed by atoms with E-state index in [-0.39, 0.29) is 72.7 Å². The summed E-state index contributed by atoms with van der Waals surface area (Å²) in [5.74, 6) is -15.1. The fourth-order valence-electron chi connectivity index (χ4n) is 6.17. The number of aliphatic hydroxyl groups excluding tert-OH is 2. The molecule has 0 fully saturated rings. The van der Waals surface area contributed by atoms with E-state index in [4.69, 9.17) is 38.6 Å². The van der Waals surface area contributed by atoms with Crippen molar-refractivity contribution in [3.05, 3.63) is 81.5 Å². The number of alkyl halides is 6. The van der Waals surface area contributed by atoms with Gasteiger partial charge >= 0.3 is 17.8 Å². The van der Waals surface area contributed by atoms with E-state index in [2.05, 4.69) is 0 Å². The van der Waals surface area contributed by atoms with Crippen LogP contribution in [0.4, 0.5) is 26.3 Å². The smallest absolute Gasteiger partial charge is 0.380 e. The highest BCUT2D eigenvalue weighted by atomic mass is 32.1. The summed E-state index contributed by atoms with van der Waals surface area (Å²) in [6.45, 7) is 8.63. The van der Waals surface area contributed by atoms with Gasteiger partial charge in [-0.15, -0.1) is 22.7 Å². The van der Waals surface area contributed by atoms with E-state index >= 15 is 26.3 Å². The zero-order valence-corrected chi connectivity index (χ0v) is 33.6. The van der Waals surface area contributed by atoms with Crippen LogP contribution in [0.25, 0.3) is 32.0 Å². The van der Waals surface area contributed by atoms with Crippen LogP contribution in [0.15, 0.2) is 60.7 Å². The van der Waals surface area contributed by atoms with Crippen molar-refractivity contribution in [1.82, 2.24) is 0 Å². The molecule has 16 heteroatoms. The summed E-state index contributed by atoms with van der Waals surface area (Å²) in [6.07, 6.45) is -0.654. The maximum absolute atomic E-state index is 15.8. The van der Waals surface area contributed by atoms with Crippen LogP contribution in [0.2, 0.25) is 0 Å². The van der Waals surface area contributed by atoms with Crippen molar-refractivity contribution < 1.29 is 65.0 Å². The molecule has 1 aliphatic rings. The lowest BCUT2D eigenvalue weighted by molar-refractivity contribution is -0.254. The Morgan fingerprint density at radius 1 is 0.544 bits per heavy atom. The number of allylic oxidation sites excluding steroid dienone is 2. The number of aryl methyl sites for hydroxylation is 2. The molecule has 2 aromatic heterocycles. The quantitative estimate of drug-likeness (QED) is 0.0598. The second-order valence-corrected chi connectivity index (χ2v) is 15.9. The molecule has 0 aliphatic heterocycles. The fraction of sp³-hybridized carbons (Fsp3) is 0.463. The molecule has 0 saturated heterocycles. The van der Waals surface area contributed by atoms with Crippen LogP contribution in [-0.2, 0) is 18.9 Å². The molecular formula is C41H46F6O8S2. The Morgan fingerprint density at radius 2 is 0.895 bits per heavy atom. The van der Waals surface area contributed by atoms with E-state index in [1.54, 1.807) is 62.4 Å². The van der Waals surface area contributed by atoms with Crippen molar-refractivity contribution in [3.8, 4) is 32.4 Å².